The molecule has 4 aromatic rings. The zero-order chi connectivity index (χ0) is 23.7. The van der Waals surface area contributed by atoms with Crippen LogP contribution in [0, 0.1) is 12.7 Å². The van der Waals surface area contributed by atoms with Gasteiger partial charge in [-0.2, -0.15) is 4.98 Å². The second-order valence-electron chi connectivity index (χ2n) is 8.29. The van der Waals surface area contributed by atoms with Crippen molar-refractivity contribution in [3.05, 3.63) is 113 Å². The minimum Gasteiger partial charge on any atom is -0.351 e. The first-order valence-electron chi connectivity index (χ1n) is 11.0. The zero-order valence-electron chi connectivity index (χ0n) is 18.8. The fraction of sp³-hybridized carbons (Fsp3) is 0.148. The van der Waals surface area contributed by atoms with E-state index in [1.807, 2.05) is 30.0 Å². The van der Waals surface area contributed by atoms with Crippen LogP contribution in [0.2, 0.25) is 0 Å². The number of aromatic nitrogens is 2. The fourth-order valence-corrected chi connectivity index (χ4v) is 4.39. The molecule has 3 aromatic carbocycles. The summed E-state index contributed by atoms with van der Waals surface area (Å²) in [5.41, 5.74) is 5.83. The van der Waals surface area contributed by atoms with E-state index in [2.05, 4.69) is 58.8 Å². The number of benzene rings is 3. The van der Waals surface area contributed by atoms with Crippen molar-refractivity contribution in [1.29, 1.82) is 0 Å². The van der Waals surface area contributed by atoms with Crippen molar-refractivity contribution in [2.45, 2.75) is 26.4 Å². The molecule has 5 nitrogen and oxygen atoms in total. The molecule has 2 heterocycles. The van der Waals surface area contributed by atoms with Crippen LogP contribution in [0.5, 0.6) is 0 Å². The molecule has 1 atom stereocenters. The van der Waals surface area contributed by atoms with Gasteiger partial charge < -0.3 is 14.7 Å². The van der Waals surface area contributed by atoms with Crippen molar-refractivity contribution in [3.63, 3.8) is 0 Å². The summed E-state index contributed by atoms with van der Waals surface area (Å²) < 4.78 is 19.1. The first kappa shape index (κ1) is 22.0. The van der Waals surface area contributed by atoms with Crippen LogP contribution in [-0.2, 0) is 6.54 Å². The van der Waals surface area contributed by atoms with Gasteiger partial charge in [0.2, 0.25) is 5.82 Å². The predicted octanol–water partition coefficient (Wildman–Crippen LogP) is 6.05. The number of nitrogens with zero attached hydrogens (tertiary/aromatic N) is 3. The van der Waals surface area contributed by atoms with E-state index in [1.54, 1.807) is 12.1 Å². The van der Waals surface area contributed by atoms with Gasteiger partial charge in [0.15, 0.2) is 5.11 Å². The first-order chi connectivity index (χ1) is 16.5. The van der Waals surface area contributed by atoms with Crippen LogP contribution in [0.4, 0.5) is 4.39 Å². The number of thiocarbonyl (C=S) groups is 1. The number of halogens is 1. The number of aryl methyl sites for hydroxylation is 1. The third-order valence-electron chi connectivity index (χ3n) is 5.95. The maximum atomic E-state index is 13.4. The molecule has 0 amide bonds. The van der Waals surface area contributed by atoms with Crippen LogP contribution in [-0.4, -0.2) is 20.2 Å². The van der Waals surface area contributed by atoms with E-state index >= 15 is 0 Å². The largest absolute Gasteiger partial charge is 0.351 e. The number of allylic oxidation sites excluding steroid dienone is 1. The monoisotopic (exact) mass is 470 g/mol. The van der Waals surface area contributed by atoms with E-state index in [1.165, 1.54) is 17.7 Å². The van der Waals surface area contributed by atoms with Gasteiger partial charge in [0.25, 0.3) is 5.89 Å². The summed E-state index contributed by atoms with van der Waals surface area (Å²) in [6.45, 7) is 4.69. The fourth-order valence-electron chi connectivity index (χ4n) is 4.07. The van der Waals surface area contributed by atoms with E-state index in [-0.39, 0.29) is 11.9 Å². The number of nitrogens with one attached hydrogen (secondary N) is 1. The molecule has 0 saturated heterocycles. The lowest BCUT2D eigenvalue weighted by molar-refractivity contribution is 0.396. The summed E-state index contributed by atoms with van der Waals surface area (Å²) in [6, 6.07) is 24.2. The molecule has 1 unspecified atom stereocenters. The van der Waals surface area contributed by atoms with Crippen molar-refractivity contribution in [3.8, 4) is 11.4 Å². The van der Waals surface area contributed by atoms with E-state index in [0.29, 0.717) is 28.9 Å². The molecule has 34 heavy (non-hydrogen) atoms. The van der Waals surface area contributed by atoms with Gasteiger partial charge in [0, 0.05) is 17.8 Å². The van der Waals surface area contributed by atoms with Crippen molar-refractivity contribution >= 4 is 22.9 Å². The third-order valence-corrected chi connectivity index (χ3v) is 6.29. The molecule has 0 radical (unpaired) electrons. The molecule has 1 aliphatic heterocycles. The lowest BCUT2D eigenvalue weighted by atomic mass is 9.94. The Labute approximate surface area is 202 Å². The first-order valence-corrected chi connectivity index (χ1v) is 11.4. The standard InChI is InChI=1S/C27H23FN4OS/c1-17-8-10-20(11-9-17)24-23(26-30-25(31-33-26)21-12-14-22(28)15-13-21)18(2)32(27(34)29-24)16-19-6-4-3-5-7-19/h3-15,24H,16H2,1-2H3,(H,29,34). The Balaban J connectivity index is 1.59. The molecular weight excluding hydrogens is 447 g/mol. The van der Waals surface area contributed by atoms with Crippen LogP contribution in [0.1, 0.15) is 35.5 Å². The topological polar surface area (TPSA) is 54.2 Å². The molecule has 1 aromatic heterocycles. The summed E-state index contributed by atoms with van der Waals surface area (Å²) >= 11 is 5.78. The smallest absolute Gasteiger partial charge is 0.258 e. The molecule has 0 saturated carbocycles. The van der Waals surface area contributed by atoms with E-state index < -0.39 is 0 Å². The number of hydrogen-bond acceptors (Lipinski definition) is 4. The zero-order valence-corrected chi connectivity index (χ0v) is 19.6. The minimum absolute atomic E-state index is 0.248. The van der Waals surface area contributed by atoms with E-state index in [4.69, 9.17) is 16.7 Å². The Kier molecular flexibility index (Phi) is 5.94. The molecular formula is C27H23FN4OS. The molecule has 0 bridgehead atoms. The number of rotatable bonds is 5. The van der Waals surface area contributed by atoms with Crippen LogP contribution in [0.15, 0.2) is 89.1 Å². The van der Waals surface area contributed by atoms with Gasteiger partial charge in [-0.1, -0.05) is 65.3 Å². The molecule has 7 heteroatoms. The summed E-state index contributed by atoms with van der Waals surface area (Å²) in [5.74, 6) is 0.489. The van der Waals surface area contributed by atoms with Crippen LogP contribution in [0.3, 0.4) is 0 Å². The Morgan fingerprint density at radius 3 is 2.38 bits per heavy atom. The van der Waals surface area contributed by atoms with Crippen molar-refractivity contribution in [1.82, 2.24) is 20.4 Å². The van der Waals surface area contributed by atoms with Gasteiger partial charge in [0.05, 0.1) is 11.6 Å². The second kappa shape index (κ2) is 9.19. The summed E-state index contributed by atoms with van der Waals surface area (Å²) in [5, 5.41) is 8.29. The van der Waals surface area contributed by atoms with Crippen LogP contribution in [0.25, 0.3) is 17.0 Å². The summed E-state index contributed by atoms with van der Waals surface area (Å²) in [6.07, 6.45) is 0. The minimum atomic E-state index is -0.313. The van der Waals surface area contributed by atoms with Gasteiger partial charge in [-0.25, -0.2) is 4.39 Å². The summed E-state index contributed by atoms with van der Waals surface area (Å²) in [7, 11) is 0. The molecule has 1 N–H and O–H groups in total. The lowest BCUT2D eigenvalue weighted by Crippen LogP contribution is -2.45. The average molecular weight is 471 g/mol. The predicted molar refractivity (Wildman–Crippen MR) is 134 cm³/mol. The van der Waals surface area contributed by atoms with Gasteiger partial charge in [-0.05, 0) is 61.5 Å². The lowest BCUT2D eigenvalue weighted by Gasteiger charge is -2.37. The van der Waals surface area contributed by atoms with Gasteiger partial charge in [0.1, 0.15) is 5.82 Å². The SMILES string of the molecule is CC1=C(c2nc(-c3ccc(F)cc3)no2)C(c2ccc(C)cc2)NC(=S)N1Cc1ccccc1. The maximum absolute atomic E-state index is 13.4. The van der Waals surface area contributed by atoms with Crippen molar-refractivity contribution in [2.24, 2.45) is 0 Å². The molecule has 0 aliphatic carbocycles. The highest BCUT2D eigenvalue weighted by Crippen LogP contribution is 2.38. The Morgan fingerprint density at radius 1 is 0.971 bits per heavy atom. The molecule has 1 aliphatic rings. The number of hydrogen-bond donors (Lipinski definition) is 1. The van der Waals surface area contributed by atoms with Gasteiger partial charge in [-0.15, -0.1) is 0 Å². The van der Waals surface area contributed by atoms with Gasteiger partial charge >= 0.3 is 0 Å². The van der Waals surface area contributed by atoms with E-state index in [0.717, 1.165) is 22.4 Å². The van der Waals surface area contributed by atoms with Gasteiger partial charge in [-0.3, -0.25) is 0 Å². The molecule has 0 fully saturated rings. The molecule has 5 rings (SSSR count). The Bertz CT molecular complexity index is 1350. The van der Waals surface area contributed by atoms with E-state index in [9.17, 15) is 4.39 Å². The molecule has 0 spiro atoms. The second-order valence-corrected chi connectivity index (χ2v) is 8.68. The van der Waals surface area contributed by atoms with Crippen LogP contribution >= 0.6 is 12.2 Å². The highest BCUT2D eigenvalue weighted by molar-refractivity contribution is 7.80. The maximum Gasteiger partial charge on any atom is 0.258 e. The third kappa shape index (κ3) is 4.34. The quantitative estimate of drug-likeness (QED) is 0.359. The van der Waals surface area contributed by atoms with Crippen molar-refractivity contribution < 1.29 is 8.91 Å². The highest BCUT2D eigenvalue weighted by Gasteiger charge is 2.34. The highest BCUT2D eigenvalue weighted by atomic mass is 32.1. The Morgan fingerprint density at radius 2 is 1.68 bits per heavy atom. The van der Waals surface area contributed by atoms with Crippen LogP contribution < -0.4 is 5.32 Å². The van der Waals surface area contributed by atoms with Crippen molar-refractivity contribution in [2.75, 3.05) is 0 Å². The Hall–Kier alpha value is -3.84. The summed E-state index contributed by atoms with van der Waals surface area (Å²) in [4.78, 5) is 6.72. The normalized spacial score (nSPS) is 16.0. The average Bonchev–Trinajstić information content (AvgIpc) is 3.33. The molecule has 170 valence electrons.